The molecule has 4 rings (SSSR count). The molecule has 3 heterocycles. The quantitative estimate of drug-likeness (QED) is 0.164. The summed E-state index contributed by atoms with van der Waals surface area (Å²) < 4.78 is 28.9. The summed E-state index contributed by atoms with van der Waals surface area (Å²) in [6.07, 6.45) is -3.84. The number of nitrogens with one attached hydrogen (secondary N) is 4. The predicted molar refractivity (Wildman–Crippen MR) is 175 cm³/mol. The molecule has 17 heteroatoms. The number of aromatic nitrogens is 3. The maximum absolute atomic E-state index is 14.1. The van der Waals surface area contributed by atoms with Gasteiger partial charge in [-0.2, -0.15) is 0 Å². The fourth-order valence-electron chi connectivity index (χ4n) is 5.52. The number of benzene rings is 1. The van der Waals surface area contributed by atoms with Crippen LogP contribution in [0.4, 0.5) is 4.79 Å². The predicted octanol–water partition coefficient (Wildman–Crippen LogP) is 1.27. The summed E-state index contributed by atoms with van der Waals surface area (Å²) in [6, 6.07) is 4.78. The second kappa shape index (κ2) is 15.4. The molecule has 1 aliphatic heterocycles. The van der Waals surface area contributed by atoms with Crippen LogP contribution in [0.15, 0.2) is 46.2 Å². The number of alkyl carbamates (subject to hydrolysis) is 1. The molecule has 17 nitrogen and oxygen atoms in total. The maximum atomic E-state index is 14.1. The molecule has 0 spiro atoms. The van der Waals surface area contributed by atoms with Crippen LogP contribution in [0.25, 0.3) is 10.9 Å². The first-order chi connectivity index (χ1) is 23.4. The van der Waals surface area contributed by atoms with Gasteiger partial charge in [0.15, 0.2) is 18.4 Å². The largest absolute Gasteiger partial charge is 0.464 e. The number of carbonyl (C=O) groups is 5. The Morgan fingerprint density at radius 2 is 1.62 bits per heavy atom. The summed E-state index contributed by atoms with van der Waals surface area (Å²) in [4.78, 5) is 94.0. The van der Waals surface area contributed by atoms with E-state index >= 15 is 0 Å². The van der Waals surface area contributed by atoms with Crippen molar-refractivity contribution in [2.45, 2.75) is 97.1 Å². The lowest BCUT2D eigenvalue weighted by molar-refractivity contribution is -0.166. The van der Waals surface area contributed by atoms with Crippen molar-refractivity contribution < 1.29 is 47.7 Å². The average Bonchev–Trinajstić information content (AvgIpc) is 3.56. The van der Waals surface area contributed by atoms with Crippen molar-refractivity contribution in [3.05, 3.63) is 68.6 Å². The smallest absolute Gasteiger partial charge is 0.408 e. The van der Waals surface area contributed by atoms with E-state index in [0.29, 0.717) is 5.56 Å². The normalized spacial score (nSPS) is 20.0. The molecule has 0 bridgehead atoms. The van der Waals surface area contributed by atoms with E-state index < -0.39 is 90.0 Å². The van der Waals surface area contributed by atoms with Crippen molar-refractivity contribution in [1.82, 2.24) is 25.2 Å². The Labute approximate surface area is 285 Å². The van der Waals surface area contributed by atoms with Gasteiger partial charge in [0, 0.05) is 56.1 Å². The van der Waals surface area contributed by atoms with Gasteiger partial charge < -0.3 is 39.3 Å². The molecule has 6 atom stereocenters. The second-order valence-electron chi connectivity index (χ2n) is 12.8. The highest BCUT2D eigenvalue weighted by atomic mass is 16.6. The first-order valence-electron chi connectivity index (χ1n) is 15.7. The highest BCUT2D eigenvalue weighted by Crippen LogP contribution is 2.35. The lowest BCUT2D eigenvalue weighted by Gasteiger charge is -2.30. The first-order valence-corrected chi connectivity index (χ1v) is 15.7. The summed E-state index contributed by atoms with van der Waals surface area (Å²) in [7, 11) is 0. The van der Waals surface area contributed by atoms with Crippen LogP contribution in [0.5, 0.6) is 0 Å². The average molecular weight is 700 g/mol. The Morgan fingerprint density at radius 3 is 2.26 bits per heavy atom. The Balaban J connectivity index is 1.75. The molecule has 50 heavy (non-hydrogen) atoms. The van der Waals surface area contributed by atoms with Crippen LogP contribution in [-0.2, 0) is 49.3 Å². The van der Waals surface area contributed by atoms with E-state index in [1.54, 1.807) is 27.0 Å². The van der Waals surface area contributed by atoms with Gasteiger partial charge in [0.05, 0.1) is 6.04 Å². The molecular formula is C33H41N5O12. The number of fused-ring (bicyclic) bond motifs is 1. The SMILES string of the molecule is CC(=O)OC[C@@H](NC(=O)[C@@H](Cc1c[nH]c2ccccc12)NC(=O)OC(C)(C)C)[C@H]1O[C@@H](n2cc(C)c(=O)[nH]c2=O)[C@H](OC(C)=O)[C@@H]1OC(C)=O. The zero-order valence-electron chi connectivity index (χ0n) is 28.7. The monoisotopic (exact) mass is 699 g/mol. The molecule has 4 N–H and O–H groups in total. The summed E-state index contributed by atoms with van der Waals surface area (Å²) in [5, 5.41) is 6.13. The van der Waals surface area contributed by atoms with E-state index in [1.165, 1.54) is 13.1 Å². The number of nitrogens with zero attached hydrogens (tertiary/aromatic N) is 1. The van der Waals surface area contributed by atoms with Crippen molar-refractivity contribution in [2.75, 3.05) is 6.61 Å². The lowest BCUT2D eigenvalue weighted by Crippen LogP contribution is -2.57. The van der Waals surface area contributed by atoms with Crippen molar-refractivity contribution in [2.24, 2.45) is 0 Å². The Kier molecular flexibility index (Phi) is 11.5. The number of ether oxygens (including phenoxy) is 5. The molecule has 270 valence electrons. The zero-order chi connectivity index (χ0) is 36.9. The number of amides is 2. The topological polar surface area (TPSA) is 226 Å². The van der Waals surface area contributed by atoms with Crippen molar-refractivity contribution in [3.8, 4) is 0 Å². The van der Waals surface area contributed by atoms with Gasteiger partial charge in [0.1, 0.15) is 24.4 Å². The minimum atomic E-state index is -1.48. The van der Waals surface area contributed by atoms with Crippen LogP contribution in [0, 0.1) is 6.92 Å². The maximum Gasteiger partial charge on any atom is 0.408 e. The number of carbonyl (C=O) groups excluding carboxylic acids is 5. The minimum absolute atomic E-state index is 0.0149. The summed E-state index contributed by atoms with van der Waals surface area (Å²) in [5.74, 6) is -3.15. The fraction of sp³-hybridized carbons (Fsp3) is 0.485. The number of esters is 3. The third-order valence-corrected chi connectivity index (χ3v) is 7.55. The van der Waals surface area contributed by atoms with Crippen molar-refractivity contribution in [1.29, 1.82) is 0 Å². The van der Waals surface area contributed by atoms with E-state index in [4.69, 9.17) is 23.7 Å². The van der Waals surface area contributed by atoms with E-state index in [9.17, 15) is 33.6 Å². The molecule has 0 radical (unpaired) electrons. The number of H-pyrrole nitrogens is 2. The van der Waals surface area contributed by atoms with Gasteiger partial charge in [0.2, 0.25) is 5.91 Å². The van der Waals surface area contributed by atoms with Crippen LogP contribution in [0.3, 0.4) is 0 Å². The van der Waals surface area contributed by atoms with E-state index in [2.05, 4.69) is 20.6 Å². The van der Waals surface area contributed by atoms with Crippen LogP contribution >= 0.6 is 0 Å². The fourth-order valence-corrected chi connectivity index (χ4v) is 5.52. The zero-order valence-corrected chi connectivity index (χ0v) is 28.7. The Hall–Kier alpha value is -5.45. The van der Waals surface area contributed by atoms with Gasteiger partial charge in [-0.25, -0.2) is 9.59 Å². The standard InChI is InChI=1S/C33H41N5O12/c1-16-14-38(31(44)37-28(16)42)30-27(48-19(4)41)26(47-18(3)40)25(49-30)24(15-46-17(2)39)35-29(43)23(36-32(45)50-33(5,6)7)12-20-13-34-22-11-9-8-10-21(20)22/h8-11,13-14,23-27,30,34H,12,15H2,1-7H3,(H,35,43)(H,36,45)(H,37,42,44)/t23-,24-,25-,26-,27-,30-/m1/s1. The Bertz CT molecular complexity index is 1870. The van der Waals surface area contributed by atoms with Crippen molar-refractivity contribution in [3.63, 3.8) is 0 Å². The Morgan fingerprint density at radius 1 is 0.960 bits per heavy atom. The van der Waals surface area contributed by atoms with E-state index in [-0.39, 0.29) is 12.0 Å². The van der Waals surface area contributed by atoms with Gasteiger partial charge in [-0.05, 0) is 39.3 Å². The number of rotatable bonds is 11. The molecule has 1 aromatic carbocycles. The molecule has 3 aromatic rings. The van der Waals surface area contributed by atoms with Crippen LogP contribution in [0.1, 0.15) is 58.9 Å². The number of aromatic amines is 2. The number of para-hydroxylation sites is 1. The molecule has 1 saturated heterocycles. The van der Waals surface area contributed by atoms with Crippen molar-refractivity contribution >= 4 is 40.8 Å². The first kappa shape index (κ1) is 37.4. The van der Waals surface area contributed by atoms with Gasteiger partial charge in [-0.1, -0.05) is 18.2 Å². The molecule has 0 aliphatic carbocycles. The van der Waals surface area contributed by atoms with Gasteiger partial charge in [0.25, 0.3) is 5.56 Å². The van der Waals surface area contributed by atoms with E-state index in [0.717, 1.165) is 36.2 Å². The van der Waals surface area contributed by atoms with Gasteiger partial charge in [-0.15, -0.1) is 0 Å². The van der Waals surface area contributed by atoms with E-state index in [1.807, 2.05) is 24.3 Å². The summed E-state index contributed by atoms with van der Waals surface area (Å²) >= 11 is 0. The van der Waals surface area contributed by atoms with Crippen LogP contribution in [-0.4, -0.2) is 87.0 Å². The highest BCUT2D eigenvalue weighted by Gasteiger charge is 2.54. The third kappa shape index (κ3) is 9.37. The highest BCUT2D eigenvalue weighted by molar-refractivity contribution is 5.88. The summed E-state index contributed by atoms with van der Waals surface area (Å²) in [5.41, 5.74) is -0.889. The third-order valence-electron chi connectivity index (χ3n) is 7.55. The number of hydrogen-bond donors (Lipinski definition) is 4. The van der Waals surface area contributed by atoms with Gasteiger partial charge >= 0.3 is 29.7 Å². The molecule has 0 saturated carbocycles. The van der Waals surface area contributed by atoms with Crippen LogP contribution < -0.4 is 21.9 Å². The summed E-state index contributed by atoms with van der Waals surface area (Å²) in [6.45, 7) is 9.19. The molecule has 2 aromatic heterocycles. The lowest BCUT2D eigenvalue weighted by atomic mass is 10.0. The number of aryl methyl sites for hydroxylation is 1. The van der Waals surface area contributed by atoms with Gasteiger partial charge in [-0.3, -0.25) is 33.5 Å². The molecule has 2 amide bonds. The molecular weight excluding hydrogens is 658 g/mol. The number of hydrogen-bond acceptors (Lipinski definition) is 12. The van der Waals surface area contributed by atoms with Crippen LogP contribution in [0.2, 0.25) is 0 Å². The molecule has 1 aliphatic rings. The second-order valence-corrected chi connectivity index (χ2v) is 12.8. The molecule has 0 unspecified atom stereocenters. The molecule has 1 fully saturated rings. The minimum Gasteiger partial charge on any atom is -0.464 e.